The number of methoxy groups -OCH3 is 4. The second-order valence-corrected chi connectivity index (χ2v) is 10.3. The first-order chi connectivity index (χ1) is 26.5. The fourth-order valence-corrected chi connectivity index (χ4v) is 3.45. The normalized spacial score (nSPS) is 8.47. The number of nitrogens with two attached hydrogens (primary N) is 1. The van der Waals surface area contributed by atoms with Crippen molar-refractivity contribution in [1.29, 1.82) is 0 Å². The summed E-state index contributed by atoms with van der Waals surface area (Å²) in [7, 11) is 13.9. The molecule has 0 aliphatic rings. The number of hydrogen-bond acceptors (Lipinski definition) is 11. The molecule has 5 aromatic carbocycles. The Kier molecular flexibility index (Phi) is 31.5. The zero-order valence-electron chi connectivity index (χ0n) is 33.2. The first-order valence-corrected chi connectivity index (χ1v) is 16.6. The standard InChI is InChI=1S/C9H11NO2.C8H9NO2.C8H11N.C7H9N.C6H7N.C3H6O3.CH4O/c1-10(9(11)12-2)8-6-4-3-5-7-8;1-11-8(10)9-7-5-3-2-4-6-7;1-9(2)8-6-4-3-5-7-8;1-8-7-5-3-2-4-6-7;7-6-4-2-1-3-5-6;1-5-3(4)6-2;1-2/h3-7H,1-2H3;2-6H,1H3,(H,9,10);3-7H,1-2H3;2-6,8H,1H3;1-5H,7H2;1-2H3;2H,1H3. The zero-order chi connectivity index (χ0) is 41.7. The van der Waals surface area contributed by atoms with Crippen molar-refractivity contribution >= 4 is 46.8 Å². The minimum absolute atomic E-state index is 0.360. The van der Waals surface area contributed by atoms with Crippen molar-refractivity contribution in [3.8, 4) is 0 Å². The van der Waals surface area contributed by atoms with Crippen LogP contribution in [0.3, 0.4) is 0 Å². The Balaban J connectivity index is 0. The molecule has 0 heterocycles. The SMILES string of the molecule is CN(C)c1ccccc1.CNc1ccccc1.CO.COC(=O)N(C)c1ccccc1.COC(=O)Nc1ccccc1.COC(=O)OC.Nc1ccccc1. The largest absolute Gasteiger partial charge is 0.507 e. The minimum atomic E-state index is -0.657. The van der Waals surface area contributed by atoms with E-state index in [9.17, 15) is 14.4 Å². The fourth-order valence-electron chi connectivity index (χ4n) is 3.45. The molecule has 2 amide bonds. The quantitative estimate of drug-likeness (QED) is 0.0789. The van der Waals surface area contributed by atoms with Gasteiger partial charge in [0.2, 0.25) is 0 Å². The highest BCUT2D eigenvalue weighted by Crippen LogP contribution is 2.11. The molecule has 5 aromatic rings. The van der Waals surface area contributed by atoms with Crippen LogP contribution in [-0.2, 0) is 18.9 Å². The molecule has 0 aliphatic heterocycles. The van der Waals surface area contributed by atoms with E-state index in [0.29, 0.717) is 0 Å². The number of amides is 2. The summed E-state index contributed by atoms with van der Waals surface area (Å²) in [5, 5.41) is 12.6. The Morgan fingerprint density at radius 1 is 0.527 bits per heavy atom. The van der Waals surface area contributed by atoms with Crippen LogP contribution in [0.25, 0.3) is 0 Å². The Labute approximate surface area is 326 Å². The number of anilines is 5. The smallest absolute Gasteiger partial charge is 0.453 e. The number of hydrogen-bond donors (Lipinski definition) is 4. The molecule has 55 heavy (non-hydrogen) atoms. The number of ether oxygens (including phenoxy) is 4. The van der Waals surface area contributed by atoms with Gasteiger partial charge in [0.1, 0.15) is 0 Å². The lowest BCUT2D eigenvalue weighted by atomic mass is 10.3. The van der Waals surface area contributed by atoms with Crippen LogP contribution in [0.4, 0.5) is 42.8 Å². The van der Waals surface area contributed by atoms with Gasteiger partial charge >= 0.3 is 18.3 Å². The van der Waals surface area contributed by atoms with E-state index in [2.05, 4.69) is 46.6 Å². The van der Waals surface area contributed by atoms with E-state index in [4.69, 9.17) is 10.8 Å². The maximum atomic E-state index is 11.0. The lowest BCUT2D eigenvalue weighted by Crippen LogP contribution is -2.25. The van der Waals surface area contributed by atoms with Crippen molar-refractivity contribution in [2.75, 3.05) is 89.9 Å². The van der Waals surface area contributed by atoms with Gasteiger partial charge in [-0.3, -0.25) is 10.2 Å². The number of benzene rings is 5. The molecule has 5 rings (SSSR count). The second-order valence-electron chi connectivity index (χ2n) is 10.3. The highest BCUT2D eigenvalue weighted by Gasteiger charge is 2.08. The van der Waals surface area contributed by atoms with Gasteiger partial charge in [0.15, 0.2) is 0 Å². The first kappa shape index (κ1) is 50.4. The molecule has 0 aromatic heterocycles. The van der Waals surface area contributed by atoms with Crippen molar-refractivity contribution in [2.45, 2.75) is 0 Å². The Morgan fingerprint density at radius 3 is 1.15 bits per heavy atom. The summed E-state index contributed by atoms with van der Waals surface area (Å²) in [6.07, 6.45) is -1.47. The Bertz CT molecular complexity index is 1610. The fraction of sp³-hybridized carbons (Fsp3) is 0.214. The predicted molar refractivity (Wildman–Crippen MR) is 225 cm³/mol. The molecule has 5 N–H and O–H groups in total. The van der Waals surface area contributed by atoms with Gasteiger partial charge in [-0.1, -0.05) is 91.0 Å². The van der Waals surface area contributed by atoms with Crippen molar-refractivity contribution in [1.82, 2.24) is 0 Å². The maximum Gasteiger partial charge on any atom is 0.507 e. The average molecular weight is 760 g/mol. The van der Waals surface area contributed by atoms with E-state index in [-0.39, 0.29) is 6.09 Å². The van der Waals surface area contributed by atoms with Crippen molar-refractivity contribution in [3.05, 3.63) is 152 Å². The number of carbonyl (C=O) groups excluding carboxylic acids is 3. The molecular formula is C42H57N5O8. The predicted octanol–water partition coefficient (Wildman–Crippen LogP) is 8.51. The molecule has 0 radical (unpaired) electrons. The summed E-state index contributed by atoms with van der Waals surface area (Å²) in [4.78, 5) is 34.9. The molecule has 13 heteroatoms. The van der Waals surface area contributed by atoms with Crippen molar-refractivity contribution in [2.24, 2.45) is 0 Å². The summed E-state index contributed by atoms with van der Waals surface area (Å²) in [5.41, 5.74) is 10.1. The van der Waals surface area contributed by atoms with Crippen LogP contribution in [-0.4, -0.2) is 87.2 Å². The van der Waals surface area contributed by atoms with Gasteiger partial charge in [0.25, 0.3) is 0 Å². The summed E-state index contributed by atoms with van der Waals surface area (Å²) in [6.45, 7) is 0. The Hall–Kier alpha value is -6.73. The highest BCUT2D eigenvalue weighted by atomic mass is 16.7. The van der Waals surface area contributed by atoms with Crippen LogP contribution in [0.5, 0.6) is 0 Å². The van der Waals surface area contributed by atoms with Crippen LogP contribution in [0.15, 0.2) is 152 Å². The molecule has 13 nitrogen and oxygen atoms in total. The van der Waals surface area contributed by atoms with Crippen LogP contribution >= 0.6 is 0 Å². The minimum Gasteiger partial charge on any atom is -0.453 e. The summed E-state index contributed by atoms with van der Waals surface area (Å²) in [6, 6.07) is 48.3. The summed E-state index contributed by atoms with van der Waals surface area (Å²) >= 11 is 0. The third kappa shape index (κ3) is 27.6. The molecule has 0 spiro atoms. The van der Waals surface area contributed by atoms with E-state index in [1.807, 2.05) is 149 Å². The molecule has 0 fully saturated rings. The zero-order valence-corrected chi connectivity index (χ0v) is 33.2. The molecule has 0 aliphatic carbocycles. The molecule has 0 saturated carbocycles. The molecule has 0 atom stereocenters. The molecule has 0 unspecified atom stereocenters. The van der Waals surface area contributed by atoms with Crippen LogP contribution in [0.1, 0.15) is 0 Å². The average Bonchev–Trinajstić information content (AvgIpc) is 3.26. The number of aliphatic hydroxyl groups is 1. The number of rotatable bonds is 4. The van der Waals surface area contributed by atoms with Gasteiger partial charge in [-0.15, -0.1) is 0 Å². The molecule has 0 bridgehead atoms. The number of nitrogen functional groups attached to an aromatic ring is 1. The number of carbonyl (C=O) groups is 3. The summed E-state index contributed by atoms with van der Waals surface area (Å²) in [5.74, 6) is 0. The van der Waals surface area contributed by atoms with Gasteiger partial charge in [-0.25, -0.2) is 14.4 Å². The van der Waals surface area contributed by atoms with Crippen LogP contribution in [0.2, 0.25) is 0 Å². The molecular weight excluding hydrogens is 702 g/mol. The van der Waals surface area contributed by atoms with Gasteiger partial charge in [0, 0.05) is 63.7 Å². The van der Waals surface area contributed by atoms with E-state index in [1.165, 1.54) is 39.0 Å². The van der Waals surface area contributed by atoms with Gasteiger partial charge in [-0.05, 0) is 60.7 Å². The third-order valence-electron chi connectivity index (χ3n) is 6.27. The van der Waals surface area contributed by atoms with Crippen LogP contribution < -0.4 is 26.2 Å². The number of aliphatic hydroxyl groups excluding tert-OH is 1. The van der Waals surface area contributed by atoms with Crippen LogP contribution in [0, 0.1) is 0 Å². The van der Waals surface area contributed by atoms with E-state index < -0.39 is 12.2 Å². The van der Waals surface area contributed by atoms with E-state index >= 15 is 0 Å². The lowest BCUT2D eigenvalue weighted by Gasteiger charge is -2.14. The maximum absolute atomic E-state index is 11.0. The van der Waals surface area contributed by atoms with Gasteiger partial charge in [0.05, 0.1) is 28.4 Å². The summed E-state index contributed by atoms with van der Waals surface area (Å²) < 4.78 is 17.0. The number of para-hydroxylation sites is 5. The van der Waals surface area contributed by atoms with Gasteiger partial charge < -0.3 is 40.0 Å². The van der Waals surface area contributed by atoms with Crippen molar-refractivity contribution < 1.29 is 38.4 Å². The number of nitrogens with zero attached hydrogens (tertiary/aromatic N) is 2. The van der Waals surface area contributed by atoms with E-state index in [1.54, 1.807) is 19.2 Å². The Morgan fingerprint density at radius 2 is 0.891 bits per heavy atom. The third-order valence-corrected chi connectivity index (χ3v) is 6.27. The monoisotopic (exact) mass is 759 g/mol. The topological polar surface area (TPSA) is 165 Å². The highest BCUT2D eigenvalue weighted by molar-refractivity contribution is 5.86. The molecule has 0 saturated heterocycles. The van der Waals surface area contributed by atoms with Gasteiger partial charge in [-0.2, -0.15) is 0 Å². The van der Waals surface area contributed by atoms with E-state index in [0.717, 1.165) is 29.9 Å². The molecule has 298 valence electrons. The second kappa shape index (κ2) is 34.4. The number of nitrogens with one attached hydrogen (secondary N) is 2. The first-order valence-electron chi connectivity index (χ1n) is 16.6. The lowest BCUT2D eigenvalue weighted by molar-refractivity contribution is 0.0924. The van der Waals surface area contributed by atoms with Crippen molar-refractivity contribution in [3.63, 3.8) is 0 Å².